The highest BCUT2D eigenvalue weighted by molar-refractivity contribution is 5.91. The van der Waals surface area contributed by atoms with Gasteiger partial charge in [0.15, 0.2) is 0 Å². The van der Waals surface area contributed by atoms with Gasteiger partial charge < -0.3 is 14.4 Å². The first-order valence-corrected chi connectivity index (χ1v) is 7.13. The van der Waals surface area contributed by atoms with E-state index >= 15 is 0 Å². The van der Waals surface area contributed by atoms with E-state index in [0.29, 0.717) is 11.4 Å². The zero-order chi connectivity index (χ0) is 16.4. The fourth-order valence-electron chi connectivity index (χ4n) is 2.67. The zero-order valence-corrected chi connectivity index (χ0v) is 12.9. The second-order valence-electron chi connectivity index (χ2n) is 5.08. The largest absolute Gasteiger partial charge is 0.495 e. The summed E-state index contributed by atoms with van der Waals surface area (Å²) in [5.41, 5.74) is 3.29. The molecule has 0 saturated heterocycles. The van der Waals surface area contributed by atoms with Gasteiger partial charge in [-0.05, 0) is 37.3 Å². The Balaban J connectivity index is 2.33. The Labute approximate surface area is 133 Å². The van der Waals surface area contributed by atoms with Crippen LogP contribution in [0.15, 0.2) is 54.9 Å². The summed E-state index contributed by atoms with van der Waals surface area (Å²) in [6, 6.07) is 12.9. The van der Waals surface area contributed by atoms with E-state index in [-0.39, 0.29) is 5.56 Å². The molecule has 0 atom stereocenters. The number of aromatic carboxylic acids is 1. The molecule has 0 aliphatic carbocycles. The van der Waals surface area contributed by atoms with Crippen LogP contribution in [0.25, 0.3) is 16.9 Å². The van der Waals surface area contributed by atoms with Crippen molar-refractivity contribution in [2.45, 2.75) is 6.92 Å². The van der Waals surface area contributed by atoms with Crippen molar-refractivity contribution in [3.63, 3.8) is 0 Å². The molecule has 0 radical (unpaired) electrons. The third kappa shape index (κ3) is 2.57. The Hall–Kier alpha value is -3.08. The van der Waals surface area contributed by atoms with Crippen LogP contribution in [0.1, 0.15) is 16.1 Å². The number of para-hydroxylation sites is 2. The molecule has 2 heterocycles. The number of benzene rings is 1. The van der Waals surface area contributed by atoms with E-state index in [1.54, 1.807) is 32.5 Å². The third-order valence-corrected chi connectivity index (χ3v) is 3.76. The number of carboxylic acid groups (broad SMARTS) is 1. The lowest BCUT2D eigenvalue weighted by Gasteiger charge is -2.15. The van der Waals surface area contributed by atoms with Gasteiger partial charge in [0.1, 0.15) is 5.75 Å². The summed E-state index contributed by atoms with van der Waals surface area (Å²) in [6.07, 6.45) is 3.40. The number of ether oxygens (including phenoxy) is 1. The van der Waals surface area contributed by atoms with Crippen molar-refractivity contribution in [1.82, 2.24) is 9.55 Å². The van der Waals surface area contributed by atoms with Crippen molar-refractivity contribution in [2.75, 3.05) is 7.11 Å². The summed E-state index contributed by atoms with van der Waals surface area (Å²) in [4.78, 5) is 15.7. The van der Waals surface area contributed by atoms with Crippen molar-refractivity contribution in [1.29, 1.82) is 0 Å². The summed E-state index contributed by atoms with van der Waals surface area (Å²) in [5.74, 6) is -0.283. The van der Waals surface area contributed by atoms with Crippen molar-refractivity contribution in [2.24, 2.45) is 0 Å². The second-order valence-corrected chi connectivity index (χ2v) is 5.08. The molecule has 23 heavy (non-hydrogen) atoms. The topological polar surface area (TPSA) is 64.4 Å². The average molecular weight is 308 g/mol. The highest BCUT2D eigenvalue weighted by Crippen LogP contribution is 2.33. The first-order valence-electron chi connectivity index (χ1n) is 7.13. The molecule has 0 fully saturated rings. The quantitative estimate of drug-likeness (QED) is 0.800. The second kappa shape index (κ2) is 5.96. The van der Waals surface area contributed by atoms with Gasteiger partial charge in [-0.15, -0.1) is 0 Å². The van der Waals surface area contributed by atoms with E-state index in [0.717, 1.165) is 16.9 Å². The van der Waals surface area contributed by atoms with Gasteiger partial charge in [-0.25, -0.2) is 4.79 Å². The molecular formula is C18H16N2O3. The zero-order valence-electron chi connectivity index (χ0n) is 12.9. The Morgan fingerprint density at radius 3 is 2.65 bits per heavy atom. The molecule has 2 aromatic heterocycles. The lowest BCUT2D eigenvalue weighted by atomic mass is 10.2. The van der Waals surface area contributed by atoms with Gasteiger partial charge in [0.2, 0.25) is 0 Å². The predicted octanol–water partition coefficient (Wildman–Crippen LogP) is 3.55. The molecule has 116 valence electrons. The van der Waals surface area contributed by atoms with Gasteiger partial charge in [0, 0.05) is 23.7 Å². The van der Waals surface area contributed by atoms with Crippen LogP contribution in [0.4, 0.5) is 0 Å². The van der Waals surface area contributed by atoms with E-state index in [1.807, 2.05) is 41.0 Å². The molecule has 0 unspecified atom stereocenters. The number of carboxylic acids is 1. The normalized spacial score (nSPS) is 10.5. The third-order valence-electron chi connectivity index (χ3n) is 3.76. The standard InChI is InChI=1S/C18H16N2O3/c1-12-14(18(21)22)10-16(13-6-5-9-19-11-13)20(12)15-7-3-4-8-17(15)23-2/h3-11H,1-2H3,(H,21,22). The number of pyridine rings is 1. The maximum Gasteiger partial charge on any atom is 0.337 e. The van der Waals surface area contributed by atoms with Crippen molar-refractivity contribution >= 4 is 5.97 Å². The number of hydrogen-bond acceptors (Lipinski definition) is 3. The molecule has 0 bridgehead atoms. The fourth-order valence-corrected chi connectivity index (χ4v) is 2.67. The van der Waals surface area contributed by atoms with Crippen molar-refractivity contribution in [3.05, 3.63) is 66.1 Å². The molecule has 0 spiro atoms. The SMILES string of the molecule is COc1ccccc1-n1c(-c2cccnc2)cc(C(=O)O)c1C. The lowest BCUT2D eigenvalue weighted by Crippen LogP contribution is -2.04. The minimum Gasteiger partial charge on any atom is -0.495 e. The molecule has 0 aliphatic heterocycles. The van der Waals surface area contributed by atoms with Gasteiger partial charge in [-0.2, -0.15) is 0 Å². The van der Waals surface area contributed by atoms with Gasteiger partial charge in [-0.3, -0.25) is 4.98 Å². The van der Waals surface area contributed by atoms with Crippen LogP contribution in [-0.2, 0) is 0 Å². The minimum atomic E-state index is -0.957. The van der Waals surface area contributed by atoms with Crippen molar-refractivity contribution < 1.29 is 14.6 Å². The number of nitrogens with zero attached hydrogens (tertiary/aromatic N) is 2. The molecule has 0 aliphatic rings. The van der Waals surface area contributed by atoms with Crippen molar-refractivity contribution in [3.8, 4) is 22.7 Å². The van der Waals surface area contributed by atoms with Gasteiger partial charge >= 0.3 is 5.97 Å². The molecular weight excluding hydrogens is 292 g/mol. The first-order chi connectivity index (χ1) is 11.1. The summed E-state index contributed by atoms with van der Waals surface area (Å²) in [7, 11) is 1.60. The summed E-state index contributed by atoms with van der Waals surface area (Å²) < 4.78 is 7.32. The van der Waals surface area contributed by atoms with Gasteiger partial charge in [0.25, 0.3) is 0 Å². The summed E-state index contributed by atoms with van der Waals surface area (Å²) in [5, 5.41) is 9.46. The molecule has 0 amide bonds. The molecule has 1 aromatic carbocycles. The van der Waals surface area contributed by atoms with E-state index in [2.05, 4.69) is 4.98 Å². The van der Waals surface area contributed by atoms with E-state index in [9.17, 15) is 9.90 Å². The van der Waals surface area contributed by atoms with E-state index < -0.39 is 5.97 Å². The molecule has 3 rings (SSSR count). The van der Waals surface area contributed by atoms with Crippen LogP contribution in [0.5, 0.6) is 5.75 Å². The van der Waals surface area contributed by atoms with Crippen LogP contribution in [-0.4, -0.2) is 27.7 Å². The van der Waals surface area contributed by atoms with Crippen LogP contribution < -0.4 is 4.74 Å². The predicted molar refractivity (Wildman–Crippen MR) is 87.2 cm³/mol. The Morgan fingerprint density at radius 1 is 1.22 bits per heavy atom. The highest BCUT2D eigenvalue weighted by Gasteiger charge is 2.20. The highest BCUT2D eigenvalue weighted by atomic mass is 16.5. The number of rotatable bonds is 4. The summed E-state index contributed by atoms with van der Waals surface area (Å²) in [6.45, 7) is 1.79. The maximum atomic E-state index is 11.5. The van der Waals surface area contributed by atoms with Crippen LogP contribution in [0, 0.1) is 6.92 Å². The van der Waals surface area contributed by atoms with Gasteiger partial charge in [0.05, 0.1) is 24.1 Å². The molecule has 0 saturated carbocycles. The smallest absolute Gasteiger partial charge is 0.337 e. The maximum absolute atomic E-state index is 11.5. The lowest BCUT2D eigenvalue weighted by molar-refractivity contribution is 0.0696. The molecule has 5 nitrogen and oxygen atoms in total. The summed E-state index contributed by atoms with van der Waals surface area (Å²) >= 11 is 0. The van der Waals surface area contributed by atoms with E-state index in [1.165, 1.54) is 0 Å². The monoisotopic (exact) mass is 308 g/mol. The molecule has 3 aromatic rings. The Kier molecular flexibility index (Phi) is 3.85. The van der Waals surface area contributed by atoms with Crippen LogP contribution in [0.2, 0.25) is 0 Å². The average Bonchev–Trinajstić information content (AvgIpc) is 2.93. The van der Waals surface area contributed by atoms with Gasteiger partial charge in [-0.1, -0.05) is 12.1 Å². The molecule has 1 N–H and O–H groups in total. The fraction of sp³-hybridized carbons (Fsp3) is 0.111. The van der Waals surface area contributed by atoms with Crippen LogP contribution >= 0.6 is 0 Å². The Morgan fingerprint density at radius 2 is 2.00 bits per heavy atom. The number of carbonyl (C=O) groups is 1. The number of hydrogen-bond donors (Lipinski definition) is 1. The van der Waals surface area contributed by atoms with E-state index in [4.69, 9.17) is 4.74 Å². The Bertz CT molecular complexity index is 854. The first kappa shape index (κ1) is 14.8. The number of methoxy groups -OCH3 is 1. The minimum absolute atomic E-state index is 0.259. The molecule has 5 heteroatoms. The number of aromatic nitrogens is 2. The van der Waals surface area contributed by atoms with Crippen LogP contribution in [0.3, 0.4) is 0 Å².